The summed E-state index contributed by atoms with van der Waals surface area (Å²) in [7, 11) is -1.33. The Labute approximate surface area is 130 Å². The maximum Gasteiger partial charge on any atom is 0.197 e. The molecule has 2 unspecified atom stereocenters. The van der Waals surface area contributed by atoms with E-state index in [-0.39, 0.29) is 15.6 Å². The second kappa shape index (κ2) is 5.41. The normalized spacial score (nSPS) is 14.4. The first-order chi connectivity index (χ1) is 10.4. The summed E-state index contributed by atoms with van der Waals surface area (Å²) < 4.78 is 39.7. The first-order valence-corrected chi connectivity index (χ1v) is 8.91. The van der Waals surface area contributed by atoms with Crippen LogP contribution in [0.4, 0.5) is 0 Å². The number of fused-ring (bicyclic) bond motifs is 1. The Morgan fingerprint density at radius 3 is 2.55 bits per heavy atom. The lowest BCUT2D eigenvalue weighted by atomic mass is 10.0. The van der Waals surface area contributed by atoms with Gasteiger partial charge in [-0.25, -0.2) is 4.98 Å². The fourth-order valence-electron chi connectivity index (χ4n) is 2.37. The van der Waals surface area contributed by atoms with Crippen molar-refractivity contribution in [3.8, 4) is 11.1 Å². The van der Waals surface area contributed by atoms with Crippen LogP contribution in [0.2, 0.25) is 0 Å². The number of imidazole rings is 1. The molecule has 0 spiro atoms. The van der Waals surface area contributed by atoms with E-state index in [0.717, 1.165) is 5.56 Å². The third-order valence-electron chi connectivity index (χ3n) is 3.30. The van der Waals surface area contributed by atoms with Gasteiger partial charge in [0, 0.05) is 11.8 Å². The summed E-state index contributed by atoms with van der Waals surface area (Å²) in [5, 5.41) is 4.11. The molecule has 2 aromatic heterocycles. The topological polar surface area (TPSA) is 112 Å². The number of rotatable bonds is 3. The number of aromatic amines is 1. The van der Waals surface area contributed by atoms with Crippen LogP contribution >= 0.6 is 0 Å². The highest BCUT2D eigenvalue weighted by Gasteiger charge is 2.17. The molecule has 0 radical (unpaired) electrons. The molecule has 116 valence electrons. The molecule has 0 aliphatic rings. The van der Waals surface area contributed by atoms with Crippen molar-refractivity contribution in [1.29, 1.82) is 0 Å². The van der Waals surface area contributed by atoms with Gasteiger partial charge in [-0.3, -0.25) is 8.42 Å². The lowest BCUT2D eigenvalue weighted by molar-refractivity contribution is 0.393. The molecule has 0 aliphatic heterocycles. The van der Waals surface area contributed by atoms with Crippen LogP contribution in [0.25, 0.3) is 22.2 Å². The summed E-state index contributed by atoms with van der Waals surface area (Å²) in [5.41, 5.74) is 2.83. The van der Waals surface area contributed by atoms with Gasteiger partial charge in [-0.05, 0) is 42.6 Å². The highest BCUT2D eigenvalue weighted by Crippen LogP contribution is 2.32. The number of hydrogen-bond donors (Lipinski definition) is 1. The number of benzene rings is 1. The molecule has 22 heavy (non-hydrogen) atoms. The highest BCUT2D eigenvalue weighted by molar-refractivity contribution is 7.84. The van der Waals surface area contributed by atoms with Crippen molar-refractivity contribution in [2.45, 2.75) is 23.9 Å². The minimum atomic E-state index is -2.47. The Morgan fingerprint density at radius 1 is 1.27 bits per heavy atom. The first-order valence-electron chi connectivity index (χ1n) is 6.28. The van der Waals surface area contributed by atoms with Crippen LogP contribution in [0.15, 0.2) is 26.7 Å². The number of aryl methyl sites for hydroxylation is 2. The zero-order valence-electron chi connectivity index (χ0n) is 12.0. The fourth-order valence-corrected chi connectivity index (χ4v) is 3.38. The van der Waals surface area contributed by atoms with Gasteiger partial charge in [0.25, 0.3) is 0 Å². The molecule has 3 rings (SSSR count). The molecule has 0 bridgehead atoms. The molecular weight excluding hydrogens is 326 g/mol. The number of nitrogens with zero attached hydrogens (tertiary/aromatic N) is 2. The van der Waals surface area contributed by atoms with Gasteiger partial charge < -0.3 is 14.1 Å². The Hall–Kier alpha value is -1.84. The lowest BCUT2D eigenvalue weighted by Gasteiger charge is -2.09. The Morgan fingerprint density at radius 2 is 2.00 bits per heavy atom. The van der Waals surface area contributed by atoms with E-state index in [4.69, 9.17) is 4.52 Å². The van der Waals surface area contributed by atoms with Gasteiger partial charge in [0.1, 0.15) is 11.3 Å². The van der Waals surface area contributed by atoms with E-state index in [0.29, 0.717) is 22.5 Å². The quantitative estimate of drug-likeness (QED) is 0.729. The largest absolute Gasteiger partial charge is 0.768 e. The van der Waals surface area contributed by atoms with Crippen LogP contribution in [-0.4, -0.2) is 34.4 Å². The standard InChI is InChI=1S/C13H13N3O4S2/c1-6-11(7(2)20-16-6)8-4-9-12(10(5-8)22(18)19)15-13(14-9)21(3)17/h4-5H,1-3H3,(H,14,15)(H,18,19)/p-1. The second-order valence-corrected chi connectivity index (χ2v) is 7.00. The summed E-state index contributed by atoms with van der Waals surface area (Å²) in [6.45, 7) is 3.54. The third-order valence-corrected chi connectivity index (χ3v) is 4.71. The second-order valence-electron chi connectivity index (χ2n) is 4.80. The molecule has 0 fully saturated rings. The average Bonchev–Trinajstić information content (AvgIpc) is 3.01. The lowest BCUT2D eigenvalue weighted by Crippen LogP contribution is -1.93. The van der Waals surface area contributed by atoms with Gasteiger partial charge in [0.05, 0.1) is 26.9 Å². The SMILES string of the molecule is Cc1noc(C)c1-c1cc(S(=O)[O-])c2nc(S(C)=O)[nH]c2c1. The molecule has 0 amide bonds. The number of H-pyrrole nitrogens is 1. The highest BCUT2D eigenvalue weighted by atomic mass is 32.2. The zero-order valence-corrected chi connectivity index (χ0v) is 13.6. The predicted molar refractivity (Wildman–Crippen MR) is 80.6 cm³/mol. The predicted octanol–water partition coefficient (Wildman–Crippen LogP) is 1.81. The Balaban J connectivity index is 2.34. The van der Waals surface area contributed by atoms with Crippen molar-refractivity contribution in [1.82, 2.24) is 15.1 Å². The fraction of sp³-hybridized carbons (Fsp3) is 0.231. The molecule has 1 aromatic carbocycles. The van der Waals surface area contributed by atoms with Crippen molar-refractivity contribution in [2.24, 2.45) is 0 Å². The third kappa shape index (κ3) is 2.40. The number of hydrogen-bond acceptors (Lipinski definition) is 6. The smallest absolute Gasteiger partial charge is 0.197 e. The summed E-state index contributed by atoms with van der Waals surface area (Å²) in [6.07, 6.45) is 1.47. The zero-order chi connectivity index (χ0) is 16.0. The molecule has 7 nitrogen and oxygen atoms in total. The van der Waals surface area contributed by atoms with Gasteiger partial charge in [0.2, 0.25) is 0 Å². The van der Waals surface area contributed by atoms with E-state index in [9.17, 15) is 13.0 Å². The van der Waals surface area contributed by atoms with Crippen molar-refractivity contribution in [3.63, 3.8) is 0 Å². The van der Waals surface area contributed by atoms with E-state index in [2.05, 4.69) is 15.1 Å². The van der Waals surface area contributed by atoms with E-state index in [1.165, 1.54) is 12.3 Å². The molecule has 0 aliphatic carbocycles. The van der Waals surface area contributed by atoms with Gasteiger partial charge in [-0.1, -0.05) is 5.16 Å². The van der Waals surface area contributed by atoms with E-state index in [1.54, 1.807) is 19.9 Å². The maximum atomic E-state index is 11.6. The summed E-state index contributed by atoms with van der Waals surface area (Å²) in [5.74, 6) is 0.596. The molecule has 0 saturated heterocycles. The van der Waals surface area contributed by atoms with E-state index < -0.39 is 21.9 Å². The van der Waals surface area contributed by atoms with Gasteiger partial charge in [-0.2, -0.15) is 0 Å². The van der Waals surface area contributed by atoms with E-state index >= 15 is 0 Å². The Kier molecular flexibility index (Phi) is 3.71. The van der Waals surface area contributed by atoms with Crippen molar-refractivity contribution in [3.05, 3.63) is 23.6 Å². The minimum Gasteiger partial charge on any atom is -0.768 e. The van der Waals surface area contributed by atoms with Crippen LogP contribution in [0, 0.1) is 13.8 Å². The van der Waals surface area contributed by atoms with Crippen molar-refractivity contribution < 1.29 is 17.5 Å². The van der Waals surface area contributed by atoms with E-state index in [1.807, 2.05) is 0 Å². The van der Waals surface area contributed by atoms with Crippen LogP contribution in [-0.2, 0) is 21.9 Å². The molecule has 2 atom stereocenters. The summed E-state index contributed by atoms with van der Waals surface area (Å²) in [6, 6.07) is 3.27. The molecule has 1 N–H and O–H groups in total. The van der Waals surface area contributed by atoms with Crippen LogP contribution in [0.1, 0.15) is 11.5 Å². The summed E-state index contributed by atoms with van der Waals surface area (Å²) >= 11 is -2.47. The number of aromatic nitrogens is 3. The summed E-state index contributed by atoms with van der Waals surface area (Å²) in [4.78, 5) is 7.05. The van der Waals surface area contributed by atoms with Crippen molar-refractivity contribution >= 4 is 32.9 Å². The van der Waals surface area contributed by atoms with Crippen LogP contribution in [0.3, 0.4) is 0 Å². The average molecular weight is 338 g/mol. The van der Waals surface area contributed by atoms with Gasteiger partial charge in [0.15, 0.2) is 5.16 Å². The van der Waals surface area contributed by atoms with Crippen LogP contribution < -0.4 is 0 Å². The molecule has 0 saturated carbocycles. The van der Waals surface area contributed by atoms with Crippen LogP contribution in [0.5, 0.6) is 0 Å². The first kappa shape index (κ1) is 15.1. The number of nitrogens with one attached hydrogen (secondary N) is 1. The van der Waals surface area contributed by atoms with Crippen molar-refractivity contribution in [2.75, 3.05) is 6.26 Å². The molecule has 9 heteroatoms. The maximum absolute atomic E-state index is 11.6. The molecular formula is C13H12N3O4S2-. The van der Waals surface area contributed by atoms with Gasteiger partial charge >= 0.3 is 0 Å². The monoisotopic (exact) mass is 338 g/mol. The molecule has 2 heterocycles. The minimum absolute atomic E-state index is 0.0421. The van der Waals surface area contributed by atoms with Gasteiger partial charge in [-0.15, -0.1) is 0 Å². The Bertz CT molecular complexity index is 909. The molecule has 3 aromatic rings.